The predicted octanol–water partition coefficient (Wildman–Crippen LogP) is 1.12. The van der Waals surface area contributed by atoms with Crippen molar-refractivity contribution in [2.45, 2.75) is 25.8 Å². The van der Waals surface area contributed by atoms with Gasteiger partial charge in [-0.25, -0.2) is 0 Å². The van der Waals surface area contributed by atoms with Crippen molar-refractivity contribution in [2.24, 2.45) is 0 Å². The van der Waals surface area contributed by atoms with Gasteiger partial charge in [-0.1, -0.05) is 0 Å². The van der Waals surface area contributed by atoms with Crippen LogP contribution in [0.1, 0.15) is 24.8 Å². The van der Waals surface area contributed by atoms with Crippen LogP contribution in [0, 0.1) is 0 Å². The predicted molar refractivity (Wildman–Crippen MR) is 62.9 cm³/mol. The minimum atomic E-state index is 0.325. The Balaban J connectivity index is 1.53. The van der Waals surface area contributed by atoms with E-state index in [2.05, 4.69) is 16.4 Å². The highest BCUT2D eigenvalue weighted by atomic mass is 16.2. The van der Waals surface area contributed by atoms with Crippen molar-refractivity contribution in [2.75, 3.05) is 19.6 Å². The molecule has 16 heavy (non-hydrogen) atoms. The van der Waals surface area contributed by atoms with Crippen LogP contribution >= 0.6 is 0 Å². The summed E-state index contributed by atoms with van der Waals surface area (Å²) >= 11 is 0. The van der Waals surface area contributed by atoms with Crippen LogP contribution in [0.25, 0.3) is 0 Å². The molecule has 2 rings (SSSR count). The Morgan fingerprint density at radius 3 is 3.12 bits per heavy atom. The number of hydrogen-bond donors (Lipinski definition) is 2. The number of nitrogens with one attached hydrogen (secondary N) is 2. The molecule has 0 aliphatic carbocycles. The zero-order chi connectivity index (χ0) is 11.2. The molecule has 2 N–H and O–H groups in total. The number of aromatic amines is 1. The molecule has 0 unspecified atom stereocenters. The van der Waals surface area contributed by atoms with Gasteiger partial charge < -0.3 is 15.2 Å². The molecule has 0 saturated carbocycles. The van der Waals surface area contributed by atoms with E-state index in [0.29, 0.717) is 5.91 Å². The van der Waals surface area contributed by atoms with E-state index in [1.54, 1.807) is 0 Å². The first-order chi connectivity index (χ1) is 7.86. The summed E-state index contributed by atoms with van der Waals surface area (Å²) in [4.78, 5) is 16.3. The molecule has 1 aliphatic heterocycles. The summed E-state index contributed by atoms with van der Waals surface area (Å²) in [5, 5.41) is 3.37. The number of carbonyl (C=O) groups excluding carboxylic acids is 1. The summed E-state index contributed by atoms with van der Waals surface area (Å²) in [6.45, 7) is 3.72. The zero-order valence-corrected chi connectivity index (χ0v) is 9.54. The SMILES string of the molecule is O=C1CCCN1CCCNCc1cc[nH]c1. The average Bonchev–Trinajstić information content (AvgIpc) is 2.90. The molecule has 0 radical (unpaired) electrons. The van der Waals surface area contributed by atoms with Crippen molar-refractivity contribution in [1.82, 2.24) is 15.2 Å². The zero-order valence-electron chi connectivity index (χ0n) is 9.54. The van der Waals surface area contributed by atoms with Gasteiger partial charge in [0.05, 0.1) is 0 Å². The Hall–Kier alpha value is -1.29. The molecule has 4 heteroatoms. The van der Waals surface area contributed by atoms with Crippen molar-refractivity contribution < 1.29 is 4.79 Å². The van der Waals surface area contributed by atoms with Crippen LogP contribution < -0.4 is 5.32 Å². The average molecular weight is 221 g/mol. The second-order valence-corrected chi connectivity index (χ2v) is 4.23. The number of nitrogens with zero attached hydrogens (tertiary/aromatic N) is 1. The van der Waals surface area contributed by atoms with Crippen LogP contribution in [0.3, 0.4) is 0 Å². The molecule has 1 aromatic heterocycles. The smallest absolute Gasteiger partial charge is 0.222 e. The van der Waals surface area contributed by atoms with E-state index in [0.717, 1.165) is 45.4 Å². The van der Waals surface area contributed by atoms with E-state index < -0.39 is 0 Å². The lowest BCUT2D eigenvalue weighted by atomic mass is 10.3. The fourth-order valence-electron chi connectivity index (χ4n) is 2.04. The third-order valence-corrected chi connectivity index (χ3v) is 2.94. The molecule has 1 aromatic rings. The Morgan fingerprint density at radius 2 is 2.44 bits per heavy atom. The lowest BCUT2D eigenvalue weighted by molar-refractivity contribution is -0.127. The molecule has 1 saturated heterocycles. The molecule has 0 aromatic carbocycles. The van der Waals surface area contributed by atoms with Gasteiger partial charge in [-0.15, -0.1) is 0 Å². The molecule has 1 amide bonds. The van der Waals surface area contributed by atoms with E-state index in [1.165, 1.54) is 5.56 Å². The van der Waals surface area contributed by atoms with Gasteiger partial charge >= 0.3 is 0 Å². The van der Waals surface area contributed by atoms with E-state index in [-0.39, 0.29) is 0 Å². The Morgan fingerprint density at radius 1 is 1.50 bits per heavy atom. The third kappa shape index (κ3) is 3.10. The molecule has 0 spiro atoms. The number of rotatable bonds is 6. The number of hydrogen-bond acceptors (Lipinski definition) is 2. The molecule has 0 bridgehead atoms. The van der Waals surface area contributed by atoms with Crippen LogP contribution in [0.5, 0.6) is 0 Å². The third-order valence-electron chi connectivity index (χ3n) is 2.94. The number of amides is 1. The van der Waals surface area contributed by atoms with Gasteiger partial charge in [0.1, 0.15) is 0 Å². The van der Waals surface area contributed by atoms with Crippen LogP contribution in [0.15, 0.2) is 18.5 Å². The van der Waals surface area contributed by atoms with Crippen molar-refractivity contribution in [1.29, 1.82) is 0 Å². The summed E-state index contributed by atoms with van der Waals surface area (Å²) in [5.74, 6) is 0.325. The fraction of sp³-hybridized carbons (Fsp3) is 0.583. The van der Waals surface area contributed by atoms with Gasteiger partial charge in [0, 0.05) is 38.4 Å². The summed E-state index contributed by atoms with van der Waals surface area (Å²) in [6, 6.07) is 2.07. The molecule has 4 nitrogen and oxygen atoms in total. The number of carbonyl (C=O) groups is 1. The second kappa shape index (κ2) is 5.70. The Bertz CT molecular complexity index is 321. The monoisotopic (exact) mass is 221 g/mol. The van der Waals surface area contributed by atoms with Gasteiger partial charge in [-0.05, 0) is 31.0 Å². The highest BCUT2D eigenvalue weighted by Gasteiger charge is 2.18. The van der Waals surface area contributed by atoms with Crippen molar-refractivity contribution in [3.8, 4) is 0 Å². The largest absolute Gasteiger partial charge is 0.367 e. The summed E-state index contributed by atoms with van der Waals surface area (Å²) < 4.78 is 0. The van der Waals surface area contributed by atoms with E-state index in [1.807, 2.05) is 17.3 Å². The van der Waals surface area contributed by atoms with Gasteiger partial charge in [0.2, 0.25) is 5.91 Å². The van der Waals surface area contributed by atoms with Crippen LogP contribution in [-0.2, 0) is 11.3 Å². The number of H-pyrrole nitrogens is 1. The lowest BCUT2D eigenvalue weighted by Crippen LogP contribution is -2.28. The van der Waals surface area contributed by atoms with Gasteiger partial charge in [0.25, 0.3) is 0 Å². The van der Waals surface area contributed by atoms with Gasteiger partial charge in [-0.3, -0.25) is 4.79 Å². The van der Waals surface area contributed by atoms with Crippen LogP contribution in [0.2, 0.25) is 0 Å². The molecule has 2 heterocycles. The maximum absolute atomic E-state index is 11.3. The van der Waals surface area contributed by atoms with E-state index >= 15 is 0 Å². The van der Waals surface area contributed by atoms with Crippen molar-refractivity contribution in [3.63, 3.8) is 0 Å². The normalized spacial score (nSPS) is 16.0. The van der Waals surface area contributed by atoms with Gasteiger partial charge in [-0.2, -0.15) is 0 Å². The van der Waals surface area contributed by atoms with Crippen molar-refractivity contribution >= 4 is 5.91 Å². The molecule has 1 fully saturated rings. The number of likely N-dealkylation sites (tertiary alicyclic amines) is 1. The summed E-state index contributed by atoms with van der Waals surface area (Å²) in [5.41, 5.74) is 1.28. The van der Waals surface area contributed by atoms with Crippen LogP contribution in [0.4, 0.5) is 0 Å². The highest BCUT2D eigenvalue weighted by molar-refractivity contribution is 5.77. The lowest BCUT2D eigenvalue weighted by Gasteiger charge is -2.15. The Labute approximate surface area is 96.0 Å². The fourth-order valence-corrected chi connectivity index (χ4v) is 2.04. The maximum Gasteiger partial charge on any atom is 0.222 e. The first-order valence-corrected chi connectivity index (χ1v) is 5.96. The topological polar surface area (TPSA) is 48.1 Å². The standard InChI is InChI=1S/C12H19N3O/c16-12-3-1-7-15(12)8-2-5-13-9-11-4-6-14-10-11/h4,6,10,13-14H,1-3,5,7-9H2. The van der Waals surface area contributed by atoms with E-state index in [9.17, 15) is 4.79 Å². The Kier molecular flexibility index (Phi) is 3.99. The minimum Gasteiger partial charge on any atom is -0.367 e. The van der Waals surface area contributed by atoms with Crippen LogP contribution in [-0.4, -0.2) is 35.4 Å². The molecule has 88 valence electrons. The van der Waals surface area contributed by atoms with Gasteiger partial charge in [0.15, 0.2) is 0 Å². The molecular weight excluding hydrogens is 202 g/mol. The highest BCUT2D eigenvalue weighted by Crippen LogP contribution is 2.09. The quantitative estimate of drug-likeness (QED) is 0.707. The first-order valence-electron chi connectivity index (χ1n) is 5.96. The summed E-state index contributed by atoms with van der Waals surface area (Å²) in [7, 11) is 0. The molecular formula is C12H19N3O. The molecule has 0 atom stereocenters. The minimum absolute atomic E-state index is 0.325. The molecule has 1 aliphatic rings. The second-order valence-electron chi connectivity index (χ2n) is 4.23. The first kappa shape index (κ1) is 11.2. The summed E-state index contributed by atoms with van der Waals surface area (Å²) in [6.07, 6.45) is 6.75. The van der Waals surface area contributed by atoms with Crippen molar-refractivity contribution in [3.05, 3.63) is 24.0 Å². The maximum atomic E-state index is 11.3. The van der Waals surface area contributed by atoms with E-state index in [4.69, 9.17) is 0 Å². The number of aromatic nitrogens is 1.